The number of carbonyl (C=O) groups is 1. The van der Waals surface area contributed by atoms with E-state index in [4.69, 9.17) is 0 Å². The summed E-state index contributed by atoms with van der Waals surface area (Å²) < 4.78 is 0. The van der Waals surface area contributed by atoms with Gasteiger partial charge in [0.1, 0.15) is 0 Å². The predicted octanol–water partition coefficient (Wildman–Crippen LogP) is 1.96. The van der Waals surface area contributed by atoms with Crippen LogP contribution in [0.1, 0.15) is 19.4 Å². The van der Waals surface area contributed by atoms with E-state index in [1.54, 1.807) is 23.4 Å². The highest BCUT2D eigenvalue weighted by Gasteiger charge is 2.03. The molecular formula is C12H16N2O. The number of pyridine rings is 1. The highest BCUT2D eigenvalue weighted by Crippen LogP contribution is 2.00. The normalized spacial score (nSPS) is 10.5. The Morgan fingerprint density at radius 1 is 1.33 bits per heavy atom. The summed E-state index contributed by atoms with van der Waals surface area (Å²) in [5, 5.41) is 0. The van der Waals surface area contributed by atoms with Gasteiger partial charge in [0.05, 0.1) is 0 Å². The van der Waals surface area contributed by atoms with Crippen molar-refractivity contribution in [3.05, 3.63) is 36.2 Å². The molecule has 1 aromatic rings. The van der Waals surface area contributed by atoms with E-state index in [0.717, 1.165) is 18.7 Å². The molecule has 3 heteroatoms. The van der Waals surface area contributed by atoms with Crippen molar-refractivity contribution in [1.82, 2.24) is 9.88 Å². The molecule has 15 heavy (non-hydrogen) atoms. The van der Waals surface area contributed by atoms with Crippen LogP contribution in [0.15, 0.2) is 30.6 Å². The van der Waals surface area contributed by atoms with Gasteiger partial charge in [0, 0.05) is 31.6 Å². The summed E-state index contributed by atoms with van der Waals surface area (Å²) in [6.07, 6.45) is 6.83. The Labute approximate surface area is 90.4 Å². The first kappa shape index (κ1) is 11.4. The van der Waals surface area contributed by atoms with Gasteiger partial charge in [-0.25, -0.2) is 0 Å². The summed E-state index contributed by atoms with van der Waals surface area (Å²) in [4.78, 5) is 17.3. The monoisotopic (exact) mass is 204 g/mol. The summed E-state index contributed by atoms with van der Waals surface area (Å²) in [5.74, 6) is 0.0526. The largest absolute Gasteiger partial charge is 0.340 e. The molecule has 3 nitrogen and oxygen atoms in total. The zero-order valence-corrected chi connectivity index (χ0v) is 9.18. The molecule has 0 spiro atoms. The number of hydrogen-bond donors (Lipinski definition) is 0. The molecule has 0 saturated carbocycles. The van der Waals surface area contributed by atoms with Crippen LogP contribution in [-0.4, -0.2) is 28.9 Å². The molecule has 0 radical (unpaired) electrons. The summed E-state index contributed by atoms with van der Waals surface area (Å²) in [7, 11) is 0. The van der Waals surface area contributed by atoms with Crippen molar-refractivity contribution in [2.45, 2.75) is 13.8 Å². The average Bonchev–Trinajstić information content (AvgIpc) is 2.29. The van der Waals surface area contributed by atoms with Gasteiger partial charge in [-0.1, -0.05) is 0 Å². The lowest BCUT2D eigenvalue weighted by atomic mass is 10.2. The van der Waals surface area contributed by atoms with Crippen LogP contribution in [0, 0.1) is 0 Å². The zero-order valence-electron chi connectivity index (χ0n) is 9.18. The minimum Gasteiger partial charge on any atom is -0.340 e. The predicted molar refractivity (Wildman–Crippen MR) is 61.2 cm³/mol. The first-order valence-electron chi connectivity index (χ1n) is 5.15. The van der Waals surface area contributed by atoms with Crippen LogP contribution in [-0.2, 0) is 4.79 Å². The van der Waals surface area contributed by atoms with Crippen molar-refractivity contribution in [2.24, 2.45) is 0 Å². The molecule has 80 valence electrons. The molecule has 0 unspecified atom stereocenters. The molecule has 1 rings (SSSR count). The van der Waals surface area contributed by atoms with Gasteiger partial charge >= 0.3 is 0 Å². The van der Waals surface area contributed by atoms with Crippen LogP contribution in [0.4, 0.5) is 0 Å². The minimum absolute atomic E-state index is 0.0526. The maximum atomic E-state index is 11.6. The number of likely N-dealkylation sites (N-methyl/N-ethyl adjacent to an activating group) is 1. The fourth-order valence-corrected chi connectivity index (χ4v) is 1.28. The maximum Gasteiger partial charge on any atom is 0.246 e. The lowest BCUT2D eigenvalue weighted by molar-refractivity contribution is -0.125. The molecule has 0 N–H and O–H groups in total. The van der Waals surface area contributed by atoms with Gasteiger partial charge in [0.15, 0.2) is 0 Å². The molecule has 0 saturated heterocycles. The zero-order chi connectivity index (χ0) is 11.1. The van der Waals surface area contributed by atoms with Crippen molar-refractivity contribution < 1.29 is 4.79 Å². The number of carbonyl (C=O) groups excluding carboxylic acids is 1. The van der Waals surface area contributed by atoms with E-state index >= 15 is 0 Å². The standard InChI is InChI=1S/C12H16N2O/c1-3-14(4-2)12(15)6-5-11-7-9-13-10-8-11/h5-10H,3-4H2,1-2H3/b6-5+. The molecule has 0 fully saturated rings. The van der Waals surface area contributed by atoms with Crippen LogP contribution in [0.5, 0.6) is 0 Å². The summed E-state index contributed by atoms with van der Waals surface area (Å²) >= 11 is 0. The van der Waals surface area contributed by atoms with E-state index in [-0.39, 0.29) is 5.91 Å². The molecule has 0 aliphatic rings. The number of aromatic nitrogens is 1. The number of hydrogen-bond acceptors (Lipinski definition) is 2. The topological polar surface area (TPSA) is 33.2 Å². The van der Waals surface area contributed by atoms with E-state index < -0.39 is 0 Å². The van der Waals surface area contributed by atoms with Crippen molar-refractivity contribution in [1.29, 1.82) is 0 Å². The molecule has 1 heterocycles. The number of amides is 1. The Morgan fingerprint density at radius 2 is 1.93 bits per heavy atom. The highest BCUT2D eigenvalue weighted by atomic mass is 16.2. The second-order valence-electron chi connectivity index (χ2n) is 3.12. The third kappa shape index (κ3) is 3.54. The number of nitrogens with zero attached hydrogens (tertiary/aromatic N) is 2. The highest BCUT2D eigenvalue weighted by molar-refractivity contribution is 5.91. The van der Waals surface area contributed by atoms with Gasteiger partial charge < -0.3 is 4.90 Å². The first-order chi connectivity index (χ1) is 7.27. The van der Waals surface area contributed by atoms with E-state index in [1.165, 1.54) is 0 Å². The van der Waals surface area contributed by atoms with Gasteiger partial charge in [-0.05, 0) is 37.6 Å². The van der Waals surface area contributed by atoms with E-state index in [0.29, 0.717) is 0 Å². The molecule has 1 aromatic heterocycles. The van der Waals surface area contributed by atoms with E-state index in [9.17, 15) is 4.79 Å². The van der Waals surface area contributed by atoms with Crippen LogP contribution in [0.2, 0.25) is 0 Å². The molecule has 0 bridgehead atoms. The van der Waals surface area contributed by atoms with Gasteiger partial charge in [0.2, 0.25) is 5.91 Å². The second kappa shape index (κ2) is 5.96. The molecule has 0 atom stereocenters. The van der Waals surface area contributed by atoms with Crippen molar-refractivity contribution >= 4 is 12.0 Å². The van der Waals surface area contributed by atoms with E-state index in [1.807, 2.05) is 32.1 Å². The molecule has 1 amide bonds. The molecular weight excluding hydrogens is 188 g/mol. The number of rotatable bonds is 4. The van der Waals surface area contributed by atoms with Crippen LogP contribution < -0.4 is 0 Å². The van der Waals surface area contributed by atoms with Gasteiger partial charge in [0.25, 0.3) is 0 Å². The van der Waals surface area contributed by atoms with Crippen molar-refractivity contribution in [2.75, 3.05) is 13.1 Å². The summed E-state index contributed by atoms with van der Waals surface area (Å²) in [6, 6.07) is 3.73. The fraction of sp³-hybridized carbons (Fsp3) is 0.333. The Morgan fingerprint density at radius 3 is 2.47 bits per heavy atom. The molecule has 0 aliphatic heterocycles. The first-order valence-corrected chi connectivity index (χ1v) is 5.15. The van der Waals surface area contributed by atoms with E-state index in [2.05, 4.69) is 4.98 Å². The maximum absolute atomic E-state index is 11.6. The Hall–Kier alpha value is -1.64. The average molecular weight is 204 g/mol. The van der Waals surface area contributed by atoms with Crippen molar-refractivity contribution in [3.8, 4) is 0 Å². The molecule has 0 aliphatic carbocycles. The van der Waals surface area contributed by atoms with Crippen LogP contribution in [0.3, 0.4) is 0 Å². The van der Waals surface area contributed by atoms with Crippen molar-refractivity contribution in [3.63, 3.8) is 0 Å². The Kier molecular flexibility index (Phi) is 4.54. The SMILES string of the molecule is CCN(CC)C(=O)/C=C/c1ccncc1. The summed E-state index contributed by atoms with van der Waals surface area (Å²) in [5.41, 5.74) is 0.991. The second-order valence-corrected chi connectivity index (χ2v) is 3.12. The minimum atomic E-state index is 0.0526. The quantitative estimate of drug-likeness (QED) is 0.702. The van der Waals surface area contributed by atoms with Gasteiger partial charge in [-0.3, -0.25) is 9.78 Å². The molecule has 0 aromatic carbocycles. The summed E-state index contributed by atoms with van der Waals surface area (Å²) in [6.45, 7) is 5.44. The third-order valence-corrected chi connectivity index (χ3v) is 2.20. The fourth-order valence-electron chi connectivity index (χ4n) is 1.28. The Bertz CT molecular complexity index is 329. The lowest BCUT2D eigenvalue weighted by Crippen LogP contribution is -2.28. The third-order valence-electron chi connectivity index (χ3n) is 2.20. The lowest BCUT2D eigenvalue weighted by Gasteiger charge is -2.15. The smallest absolute Gasteiger partial charge is 0.246 e. The van der Waals surface area contributed by atoms with Crippen LogP contribution >= 0.6 is 0 Å². The van der Waals surface area contributed by atoms with Crippen LogP contribution in [0.25, 0.3) is 6.08 Å². The van der Waals surface area contributed by atoms with Gasteiger partial charge in [-0.2, -0.15) is 0 Å². The Balaban J connectivity index is 2.62. The van der Waals surface area contributed by atoms with Gasteiger partial charge in [-0.15, -0.1) is 0 Å².